The van der Waals surface area contributed by atoms with Gasteiger partial charge < -0.3 is 23.8 Å². The monoisotopic (exact) mass is 775 g/mol. The van der Waals surface area contributed by atoms with Crippen molar-refractivity contribution >= 4 is 17.9 Å². The van der Waals surface area contributed by atoms with Crippen LogP contribution in [0.3, 0.4) is 0 Å². The average Bonchev–Trinajstić information content (AvgIpc) is 3.14. The zero-order valence-electron chi connectivity index (χ0n) is 36.1. The first-order valence-corrected chi connectivity index (χ1v) is 22.2. The molecular weight excluding hydrogens is 691 g/mol. The van der Waals surface area contributed by atoms with Gasteiger partial charge in [0.25, 0.3) is 0 Å². The van der Waals surface area contributed by atoms with Gasteiger partial charge in [-0.2, -0.15) is 0 Å². The topological polar surface area (TPSA) is 99.1 Å². The summed E-state index contributed by atoms with van der Waals surface area (Å²) in [4.78, 5) is 36.9. The molecule has 0 bridgehead atoms. The average molecular weight is 775 g/mol. The second-order valence-electron chi connectivity index (χ2n) is 16.0. The fraction of sp³-hybridized carbons (Fsp3) is 0.766. The molecule has 0 radical (unpaired) electrons. The van der Waals surface area contributed by atoms with Crippen molar-refractivity contribution in [3.05, 3.63) is 48.6 Å². The Morgan fingerprint density at radius 2 is 0.964 bits per heavy atom. The molecule has 0 aliphatic heterocycles. The van der Waals surface area contributed by atoms with Gasteiger partial charge in [0.15, 0.2) is 12.1 Å². The van der Waals surface area contributed by atoms with Crippen LogP contribution in [0, 0.1) is 0 Å². The summed E-state index contributed by atoms with van der Waals surface area (Å²) in [6.07, 6.45) is 44.4. The lowest BCUT2D eigenvalue weighted by molar-refractivity contribution is -0.887. The zero-order valence-corrected chi connectivity index (χ0v) is 36.1. The maximum Gasteiger partial charge on any atom is 0.362 e. The van der Waals surface area contributed by atoms with E-state index in [1.54, 1.807) is 0 Å². The van der Waals surface area contributed by atoms with E-state index in [2.05, 4.69) is 62.5 Å². The van der Waals surface area contributed by atoms with Crippen molar-refractivity contribution in [3.8, 4) is 0 Å². The van der Waals surface area contributed by atoms with Gasteiger partial charge in [-0.1, -0.05) is 152 Å². The van der Waals surface area contributed by atoms with Crippen LogP contribution in [0.5, 0.6) is 0 Å². The second kappa shape index (κ2) is 38.2. The fourth-order valence-electron chi connectivity index (χ4n) is 6.25. The van der Waals surface area contributed by atoms with Gasteiger partial charge in [-0.05, 0) is 57.8 Å². The molecule has 0 rings (SSSR count). The molecule has 2 atom stereocenters. The number of allylic oxidation sites excluding steroid dienone is 8. The van der Waals surface area contributed by atoms with E-state index in [0.717, 1.165) is 77.0 Å². The summed E-state index contributed by atoms with van der Waals surface area (Å²) in [5.74, 6) is -1.49. The summed E-state index contributed by atoms with van der Waals surface area (Å²) < 4.78 is 17.2. The summed E-state index contributed by atoms with van der Waals surface area (Å²) in [6.45, 7) is 4.67. The molecule has 318 valence electrons. The Kier molecular flexibility index (Phi) is 36.3. The van der Waals surface area contributed by atoms with Gasteiger partial charge in [0.1, 0.15) is 6.61 Å². The number of nitrogens with zero attached hydrogens (tertiary/aromatic N) is 1. The van der Waals surface area contributed by atoms with E-state index in [0.29, 0.717) is 19.3 Å². The fourth-order valence-corrected chi connectivity index (χ4v) is 6.25. The molecule has 0 heterocycles. The van der Waals surface area contributed by atoms with Crippen LogP contribution in [-0.2, 0) is 28.6 Å². The van der Waals surface area contributed by atoms with Crippen LogP contribution >= 0.6 is 0 Å². The molecular formula is C47H84NO7+. The van der Waals surface area contributed by atoms with Crippen molar-refractivity contribution in [3.63, 3.8) is 0 Å². The van der Waals surface area contributed by atoms with Crippen molar-refractivity contribution in [2.45, 2.75) is 193 Å². The molecule has 0 aromatic rings. The molecule has 0 saturated heterocycles. The van der Waals surface area contributed by atoms with Crippen LogP contribution in [0.25, 0.3) is 0 Å². The van der Waals surface area contributed by atoms with Crippen LogP contribution in [0.2, 0.25) is 0 Å². The number of rotatable bonds is 39. The molecule has 0 saturated carbocycles. The van der Waals surface area contributed by atoms with Gasteiger partial charge in [-0.15, -0.1) is 0 Å². The number of carboxylic acids is 1. The number of aliphatic carboxylic acids is 1. The largest absolute Gasteiger partial charge is 0.477 e. The lowest BCUT2D eigenvalue weighted by Crippen LogP contribution is -2.50. The number of quaternary nitrogens is 1. The first-order chi connectivity index (χ1) is 26.6. The van der Waals surface area contributed by atoms with Gasteiger partial charge in [0, 0.05) is 19.3 Å². The molecule has 1 N–H and O–H groups in total. The van der Waals surface area contributed by atoms with Crippen LogP contribution < -0.4 is 0 Å². The molecule has 0 fully saturated rings. The normalized spacial score (nSPS) is 13.4. The quantitative estimate of drug-likeness (QED) is 0.0287. The third-order valence-corrected chi connectivity index (χ3v) is 9.73. The number of carbonyl (C=O) groups is 3. The Balaban J connectivity index is 4.31. The van der Waals surface area contributed by atoms with Crippen molar-refractivity contribution in [2.24, 2.45) is 0 Å². The standard InChI is InChI=1S/C47H83NO7/c1-6-8-10-12-14-16-18-19-20-21-22-23-24-25-26-27-28-30-31-33-35-37-45(49)54-42-43(41-53-40-39-44(47(51)52)48(3,4)5)55-46(50)38-36-34-32-29-17-15-13-11-9-7-2/h14,16,19-20,22-23,25-26,43-44H,6-13,15,17-18,21,24,27-42H2,1-5H3/p+1/b16-14+,20-19+,23-22+,26-25+. The van der Waals surface area contributed by atoms with E-state index in [-0.39, 0.29) is 36.2 Å². The van der Waals surface area contributed by atoms with Gasteiger partial charge in [0.05, 0.1) is 34.4 Å². The number of unbranched alkanes of at least 4 members (excludes halogenated alkanes) is 17. The molecule has 0 spiro atoms. The van der Waals surface area contributed by atoms with Gasteiger partial charge in [-0.3, -0.25) is 9.59 Å². The van der Waals surface area contributed by atoms with Crippen molar-refractivity contribution < 1.29 is 38.2 Å². The highest BCUT2D eigenvalue weighted by molar-refractivity contribution is 5.72. The summed E-state index contributed by atoms with van der Waals surface area (Å²) in [5.41, 5.74) is 0. The summed E-state index contributed by atoms with van der Waals surface area (Å²) in [5, 5.41) is 9.60. The number of ether oxygens (including phenoxy) is 3. The third kappa shape index (κ3) is 36.7. The molecule has 8 heteroatoms. The van der Waals surface area contributed by atoms with Crippen LogP contribution in [0.4, 0.5) is 0 Å². The first-order valence-electron chi connectivity index (χ1n) is 22.2. The lowest BCUT2D eigenvalue weighted by atomic mass is 10.1. The van der Waals surface area contributed by atoms with Gasteiger partial charge in [0.2, 0.25) is 0 Å². The van der Waals surface area contributed by atoms with Crippen LogP contribution in [0.1, 0.15) is 181 Å². The van der Waals surface area contributed by atoms with Gasteiger partial charge >= 0.3 is 17.9 Å². The van der Waals surface area contributed by atoms with E-state index in [9.17, 15) is 19.5 Å². The van der Waals surface area contributed by atoms with Crippen molar-refractivity contribution in [1.29, 1.82) is 0 Å². The smallest absolute Gasteiger partial charge is 0.362 e. The third-order valence-electron chi connectivity index (χ3n) is 9.73. The minimum atomic E-state index is -0.879. The van der Waals surface area contributed by atoms with E-state index >= 15 is 0 Å². The Hall–Kier alpha value is -2.71. The zero-order chi connectivity index (χ0) is 40.7. The van der Waals surface area contributed by atoms with E-state index in [1.165, 1.54) is 70.6 Å². The lowest BCUT2D eigenvalue weighted by Gasteiger charge is -2.31. The molecule has 0 aromatic carbocycles. The van der Waals surface area contributed by atoms with Gasteiger partial charge in [-0.25, -0.2) is 4.79 Å². The van der Waals surface area contributed by atoms with E-state index < -0.39 is 18.1 Å². The predicted octanol–water partition coefficient (Wildman–Crippen LogP) is 12.0. The number of hydrogen-bond acceptors (Lipinski definition) is 6. The minimum absolute atomic E-state index is 0.0555. The maximum absolute atomic E-state index is 12.7. The Bertz CT molecular complexity index is 1040. The number of esters is 2. The van der Waals surface area contributed by atoms with Crippen molar-refractivity contribution in [1.82, 2.24) is 0 Å². The highest BCUT2D eigenvalue weighted by Gasteiger charge is 2.31. The maximum atomic E-state index is 12.7. The molecule has 0 amide bonds. The minimum Gasteiger partial charge on any atom is -0.477 e. The van der Waals surface area contributed by atoms with Crippen LogP contribution in [-0.4, -0.2) is 80.6 Å². The number of hydrogen-bond donors (Lipinski definition) is 1. The molecule has 55 heavy (non-hydrogen) atoms. The van der Waals surface area contributed by atoms with E-state index in [1.807, 2.05) is 21.1 Å². The summed E-state index contributed by atoms with van der Waals surface area (Å²) in [7, 11) is 5.51. The van der Waals surface area contributed by atoms with Crippen molar-refractivity contribution in [2.75, 3.05) is 41.0 Å². The first kappa shape index (κ1) is 52.3. The number of carboxylic acid groups (broad SMARTS) is 1. The number of likely N-dealkylation sites (N-methyl/N-ethyl adjacent to an activating group) is 1. The molecule has 2 unspecified atom stereocenters. The Morgan fingerprint density at radius 1 is 0.545 bits per heavy atom. The second-order valence-corrected chi connectivity index (χ2v) is 16.0. The molecule has 0 aliphatic carbocycles. The summed E-state index contributed by atoms with van der Waals surface area (Å²) in [6, 6.07) is -0.616. The highest BCUT2D eigenvalue weighted by Crippen LogP contribution is 2.14. The van der Waals surface area contributed by atoms with E-state index in [4.69, 9.17) is 14.2 Å². The predicted molar refractivity (Wildman–Crippen MR) is 229 cm³/mol. The Labute approximate surface area is 337 Å². The Morgan fingerprint density at radius 3 is 1.45 bits per heavy atom. The highest BCUT2D eigenvalue weighted by atomic mass is 16.6. The van der Waals surface area contributed by atoms with Crippen LogP contribution in [0.15, 0.2) is 48.6 Å². The SMILES string of the molecule is CCCCC/C=C/C/C=C/C/C=C/C/C=C/CCCCCCCC(=O)OCC(COCCC(C(=O)O)[N+](C)(C)C)OC(=O)CCCCCCCCCCCC. The molecule has 8 nitrogen and oxygen atoms in total. The molecule has 0 aliphatic rings. The summed E-state index contributed by atoms with van der Waals surface area (Å²) >= 11 is 0. The number of carbonyl (C=O) groups excluding carboxylic acids is 2. The molecule has 0 aromatic heterocycles.